The van der Waals surface area contributed by atoms with Crippen LogP contribution in [0.5, 0.6) is 0 Å². The molecule has 1 aliphatic carbocycles. The molecule has 1 aliphatic rings. The lowest BCUT2D eigenvalue weighted by atomic mass is 9.93. The Balaban J connectivity index is 0.000000209. The van der Waals surface area contributed by atoms with Crippen LogP contribution in [0.25, 0.3) is 11.1 Å². The van der Waals surface area contributed by atoms with Crippen molar-refractivity contribution < 1.29 is 8.78 Å². The summed E-state index contributed by atoms with van der Waals surface area (Å²) in [4.78, 5) is 0. The van der Waals surface area contributed by atoms with Gasteiger partial charge in [-0.2, -0.15) is 0 Å². The molecule has 0 bridgehead atoms. The van der Waals surface area contributed by atoms with Crippen molar-refractivity contribution in [1.29, 1.82) is 0 Å². The largest absolute Gasteiger partial charge is 0.313 e. The molecule has 5 heteroatoms. The van der Waals surface area contributed by atoms with Gasteiger partial charge in [0.05, 0.1) is 0 Å². The van der Waals surface area contributed by atoms with Crippen LogP contribution in [0.3, 0.4) is 0 Å². The van der Waals surface area contributed by atoms with Crippen LogP contribution in [0.2, 0.25) is 0 Å². The Morgan fingerprint density at radius 3 is 2.31 bits per heavy atom. The van der Waals surface area contributed by atoms with Gasteiger partial charge in [0.15, 0.2) is 0 Å². The molecule has 0 aliphatic heterocycles. The molecule has 0 aromatic heterocycles. The van der Waals surface area contributed by atoms with Crippen molar-refractivity contribution in [2.24, 2.45) is 0 Å². The fraction of sp³-hybridized carbons (Fsp3) is 0.429. The smallest absolute Gasteiger partial charge is 0.126 e. The van der Waals surface area contributed by atoms with E-state index in [1.807, 2.05) is 31.2 Å². The Kier molecular flexibility index (Phi) is 9.09. The molecule has 2 aromatic carbocycles. The number of hydrogen-bond donors (Lipinski definition) is 2. The summed E-state index contributed by atoms with van der Waals surface area (Å²) in [6, 6.07) is 12.1. The predicted molar refractivity (Wildman–Crippen MR) is 108 cm³/mol. The van der Waals surface area contributed by atoms with Gasteiger partial charge in [-0.05, 0) is 54.3 Å². The van der Waals surface area contributed by atoms with Crippen molar-refractivity contribution in [3.8, 4) is 11.1 Å². The fourth-order valence-corrected chi connectivity index (χ4v) is 3.04. The zero-order valence-electron chi connectivity index (χ0n) is 15.5. The molecule has 0 radical (unpaired) electrons. The van der Waals surface area contributed by atoms with E-state index in [0.29, 0.717) is 5.56 Å². The Labute approximate surface area is 159 Å². The number of halogens is 2. The highest BCUT2D eigenvalue weighted by atomic mass is 32.2. The standard InChI is InChI=1S/C14H12F2.C7H16N2S/c1-2-10-4-3-5-11(6-10)12-7-13(15)9-14(16)8-12;1-10-9-6-5-8-7-3-2-4-7/h3-9H,2H2,1H3;7-9H,2-6H2,1H3. The molecular formula is C21H28F2N2S. The Morgan fingerprint density at radius 2 is 1.73 bits per heavy atom. The monoisotopic (exact) mass is 378 g/mol. The van der Waals surface area contributed by atoms with Crippen LogP contribution in [0.4, 0.5) is 8.78 Å². The SMILES string of the molecule is CCc1cccc(-c2cc(F)cc(F)c2)c1.CSNCCNC1CCC1. The fourth-order valence-electron chi connectivity index (χ4n) is 2.73. The summed E-state index contributed by atoms with van der Waals surface area (Å²) in [7, 11) is 0. The first-order valence-corrected chi connectivity index (χ1v) is 10.4. The van der Waals surface area contributed by atoms with Crippen molar-refractivity contribution in [3.63, 3.8) is 0 Å². The minimum absolute atomic E-state index is 0.545. The van der Waals surface area contributed by atoms with Gasteiger partial charge in [0.25, 0.3) is 0 Å². The van der Waals surface area contributed by atoms with Gasteiger partial charge in [0.1, 0.15) is 11.6 Å². The Hall–Kier alpha value is -1.43. The molecule has 2 nitrogen and oxygen atoms in total. The first-order valence-electron chi connectivity index (χ1n) is 9.17. The van der Waals surface area contributed by atoms with Crippen molar-refractivity contribution in [2.45, 2.75) is 38.6 Å². The van der Waals surface area contributed by atoms with E-state index in [0.717, 1.165) is 42.7 Å². The van der Waals surface area contributed by atoms with Crippen LogP contribution < -0.4 is 10.0 Å². The molecule has 1 fully saturated rings. The molecule has 0 amide bonds. The number of aryl methyl sites for hydroxylation is 1. The van der Waals surface area contributed by atoms with Crippen LogP contribution in [0.1, 0.15) is 31.7 Å². The van der Waals surface area contributed by atoms with Crippen LogP contribution in [-0.2, 0) is 6.42 Å². The number of benzene rings is 2. The molecule has 0 saturated heterocycles. The third-order valence-corrected chi connectivity index (χ3v) is 4.93. The van der Waals surface area contributed by atoms with E-state index in [4.69, 9.17) is 0 Å². The van der Waals surface area contributed by atoms with Gasteiger partial charge in [0.2, 0.25) is 0 Å². The van der Waals surface area contributed by atoms with E-state index in [1.54, 1.807) is 11.9 Å². The summed E-state index contributed by atoms with van der Waals surface area (Å²) in [5.74, 6) is -1.09. The van der Waals surface area contributed by atoms with Crippen LogP contribution in [0.15, 0.2) is 42.5 Å². The van der Waals surface area contributed by atoms with Crippen LogP contribution in [-0.4, -0.2) is 25.4 Å². The first kappa shape index (κ1) is 20.9. The van der Waals surface area contributed by atoms with Gasteiger partial charge in [-0.3, -0.25) is 4.72 Å². The molecule has 1 saturated carbocycles. The molecule has 3 rings (SSSR count). The average Bonchev–Trinajstić information content (AvgIpc) is 2.60. The van der Waals surface area contributed by atoms with E-state index in [-0.39, 0.29) is 0 Å². The minimum atomic E-state index is -0.545. The molecule has 26 heavy (non-hydrogen) atoms. The Bertz CT molecular complexity index is 655. The highest BCUT2D eigenvalue weighted by molar-refractivity contribution is 7.96. The maximum absolute atomic E-state index is 13.1. The van der Waals surface area contributed by atoms with Crippen molar-refractivity contribution in [1.82, 2.24) is 10.0 Å². The zero-order chi connectivity index (χ0) is 18.8. The molecule has 2 N–H and O–H groups in total. The van der Waals surface area contributed by atoms with Gasteiger partial charge in [-0.1, -0.05) is 49.6 Å². The molecule has 2 aromatic rings. The third kappa shape index (κ3) is 7.06. The van der Waals surface area contributed by atoms with Gasteiger partial charge in [0, 0.05) is 25.2 Å². The topological polar surface area (TPSA) is 24.1 Å². The molecule has 0 unspecified atom stereocenters. The Morgan fingerprint density at radius 1 is 1.00 bits per heavy atom. The van der Waals surface area contributed by atoms with Gasteiger partial charge >= 0.3 is 0 Å². The van der Waals surface area contributed by atoms with E-state index in [9.17, 15) is 8.78 Å². The highest BCUT2D eigenvalue weighted by Gasteiger charge is 2.15. The van der Waals surface area contributed by atoms with Gasteiger partial charge in [-0.15, -0.1) is 0 Å². The first-order chi connectivity index (χ1) is 12.6. The lowest BCUT2D eigenvalue weighted by Gasteiger charge is -2.26. The van der Waals surface area contributed by atoms with Crippen molar-refractivity contribution >= 4 is 11.9 Å². The third-order valence-electron chi connectivity index (χ3n) is 4.44. The van der Waals surface area contributed by atoms with Gasteiger partial charge < -0.3 is 5.32 Å². The lowest BCUT2D eigenvalue weighted by Crippen LogP contribution is -2.38. The minimum Gasteiger partial charge on any atom is -0.313 e. The quantitative estimate of drug-likeness (QED) is 0.512. The maximum Gasteiger partial charge on any atom is 0.126 e. The van der Waals surface area contributed by atoms with Crippen molar-refractivity contribution in [3.05, 3.63) is 59.7 Å². The second-order valence-corrected chi connectivity index (χ2v) is 7.09. The summed E-state index contributed by atoms with van der Waals surface area (Å²) in [6.45, 7) is 4.24. The molecule has 0 atom stereocenters. The summed E-state index contributed by atoms with van der Waals surface area (Å²) >= 11 is 1.69. The number of hydrogen-bond acceptors (Lipinski definition) is 3. The zero-order valence-corrected chi connectivity index (χ0v) is 16.3. The van der Waals surface area contributed by atoms with Gasteiger partial charge in [-0.25, -0.2) is 8.78 Å². The average molecular weight is 379 g/mol. The predicted octanol–water partition coefficient (Wildman–Crippen LogP) is 5.19. The van der Waals surface area contributed by atoms with E-state index >= 15 is 0 Å². The van der Waals surface area contributed by atoms with Crippen molar-refractivity contribution in [2.75, 3.05) is 19.3 Å². The molecule has 0 heterocycles. The van der Waals surface area contributed by atoms with E-state index < -0.39 is 11.6 Å². The number of rotatable bonds is 7. The molecular weight excluding hydrogens is 350 g/mol. The lowest BCUT2D eigenvalue weighted by molar-refractivity contribution is 0.342. The van der Waals surface area contributed by atoms with Crippen LogP contribution in [0, 0.1) is 11.6 Å². The second-order valence-electron chi connectivity index (χ2n) is 6.39. The summed E-state index contributed by atoms with van der Waals surface area (Å²) in [5.41, 5.74) is 2.58. The normalized spacial score (nSPS) is 13.7. The summed E-state index contributed by atoms with van der Waals surface area (Å²) < 4.78 is 29.3. The summed E-state index contributed by atoms with van der Waals surface area (Å²) in [5, 5.41) is 3.48. The molecule has 142 valence electrons. The molecule has 0 spiro atoms. The van der Waals surface area contributed by atoms with Crippen LogP contribution >= 0.6 is 11.9 Å². The van der Waals surface area contributed by atoms with E-state index in [1.165, 1.54) is 31.4 Å². The summed E-state index contributed by atoms with van der Waals surface area (Å²) in [6.07, 6.45) is 7.17. The highest BCUT2D eigenvalue weighted by Crippen LogP contribution is 2.22. The number of nitrogens with one attached hydrogen (secondary N) is 2. The van der Waals surface area contributed by atoms with E-state index in [2.05, 4.69) is 16.3 Å². The maximum atomic E-state index is 13.1. The second kappa shape index (κ2) is 11.3.